The Morgan fingerprint density at radius 3 is 2.33 bits per heavy atom. The van der Waals surface area contributed by atoms with Crippen molar-refractivity contribution in [3.05, 3.63) is 0 Å². The minimum absolute atomic E-state index is 0.311. The Labute approximate surface area is 120 Å². The van der Waals surface area contributed by atoms with Crippen LogP contribution in [0, 0.1) is 0 Å². The Morgan fingerprint density at radius 2 is 1.83 bits per heavy atom. The molecular weight excluding hydrogens is 266 g/mol. The van der Waals surface area contributed by atoms with Gasteiger partial charge < -0.3 is 10.1 Å². The van der Waals surface area contributed by atoms with Gasteiger partial charge >= 0.3 is 6.09 Å². The number of amides is 1. The van der Waals surface area contributed by atoms with Crippen molar-refractivity contribution >= 4 is 27.7 Å². The lowest BCUT2D eigenvalue weighted by atomic mass is 10.1. The molecule has 0 atom stereocenters. The zero-order valence-electron chi connectivity index (χ0n) is 12.5. The van der Waals surface area contributed by atoms with Gasteiger partial charge in [0.2, 0.25) is 0 Å². The highest BCUT2D eigenvalue weighted by atomic mass is 33.1. The third-order valence-electron chi connectivity index (χ3n) is 1.99. The van der Waals surface area contributed by atoms with Gasteiger partial charge in [0.25, 0.3) is 0 Å². The van der Waals surface area contributed by atoms with Crippen LogP contribution >= 0.6 is 21.6 Å². The molecule has 0 aliphatic carbocycles. The summed E-state index contributed by atoms with van der Waals surface area (Å²) < 4.78 is 5.47. The van der Waals surface area contributed by atoms with Crippen molar-refractivity contribution in [2.24, 2.45) is 0 Å². The van der Waals surface area contributed by atoms with Gasteiger partial charge in [-0.25, -0.2) is 4.79 Å². The second-order valence-electron chi connectivity index (χ2n) is 5.84. The molecule has 0 saturated heterocycles. The van der Waals surface area contributed by atoms with Crippen molar-refractivity contribution < 1.29 is 9.53 Å². The summed E-state index contributed by atoms with van der Waals surface area (Å²) in [5.41, 5.74) is -0.422. The van der Waals surface area contributed by atoms with Crippen molar-refractivity contribution in [1.82, 2.24) is 5.32 Å². The minimum Gasteiger partial charge on any atom is -0.444 e. The molecule has 0 aromatic carbocycles. The third kappa shape index (κ3) is 11.1. The number of rotatable bonds is 7. The molecule has 0 radical (unpaired) electrons. The lowest BCUT2D eigenvalue weighted by Gasteiger charge is -2.22. The molecule has 0 bridgehead atoms. The smallest absolute Gasteiger partial charge is 0.407 e. The lowest BCUT2D eigenvalue weighted by molar-refractivity contribution is 0.0531. The van der Waals surface area contributed by atoms with Gasteiger partial charge in [0.05, 0.1) is 0 Å². The summed E-state index contributed by atoms with van der Waals surface area (Å²) >= 11 is 0. The largest absolute Gasteiger partial charge is 0.444 e. The van der Waals surface area contributed by atoms with E-state index in [9.17, 15) is 4.79 Å². The van der Waals surface area contributed by atoms with Crippen molar-refractivity contribution in [3.63, 3.8) is 0 Å². The molecule has 0 unspecified atom stereocenters. The van der Waals surface area contributed by atoms with Crippen LogP contribution in [-0.4, -0.2) is 28.7 Å². The zero-order valence-corrected chi connectivity index (χ0v) is 14.1. The van der Waals surface area contributed by atoms with Crippen molar-refractivity contribution in [3.8, 4) is 0 Å². The molecule has 1 N–H and O–H groups in total. The molecule has 0 rings (SSSR count). The van der Waals surface area contributed by atoms with E-state index in [-0.39, 0.29) is 6.09 Å². The van der Waals surface area contributed by atoms with Crippen LogP contribution < -0.4 is 5.32 Å². The molecule has 0 saturated carbocycles. The molecule has 0 aromatic heterocycles. The van der Waals surface area contributed by atoms with E-state index >= 15 is 0 Å². The maximum absolute atomic E-state index is 11.4. The van der Waals surface area contributed by atoms with Crippen LogP contribution in [0.25, 0.3) is 0 Å². The quantitative estimate of drug-likeness (QED) is 0.555. The molecule has 0 heterocycles. The Bertz CT molecular complexity index is 250. The molecule has 0 fully saturated rings. The standard InChI is InChI=1S/C13H27NO2S2/c1-7-8-13(5,6)18-17-10-9-14-11(15)16-12(2,3)4/h7-10H2,1-6H3,(H,14,15). The Kier molecular flexibility index (Phi) is 8.19. The first-order valence-corrected chi connectivity index (χ1v) is 8.75. The Balaban J connectivity index is 3.60. The number of carbonyl (C=O) groups excluding carboxylic acids is 1. The van der Waals surface area contributed by atoms with Crippen LogP contribution in [0.1, 0.15) is 54.4 Å². The summed E-state index contributed by atoms with van der Waals surface area (Å²) in [7, 11) is 3.70. The highest BCUT2D eigenvalue weighted by Crippen LogP contribution is 2.38. The van der Waals surface area contributed by atoms with Crippen molar-refractivity contribution in [2.75, 3.05) is 12.3 Å². The van der Waals surface area contributed by atoms with Crippen LogP contribution in [0.15, 0.2) is 0 Å². The number of ether oxygens (including phenoxy) is 1. The number of carbonyl (C=O) groups is 1. The third-order valence-corrected chi connectivity index (χ3v) is 5.34. The van der Waals surface area contributed by atoms with Gasteiger partial charge in [-0.05, 0) is 41.0 Å². The molecule has 0 aliphatic rings. The predicted molar refractivity (Wildman–Crippen MR) is 83.3 cm³/mol. The first kappa shape index (κ1) is 18.0. The summed E-state index contributed by atoms with van der Waals surface area (Å²) in [5, 5.41) is 2.76. The van der Waals surface area contributed by atoms with Gasteiger partial charge in [-0.1, -0.05) is 34.9 Å². The van der Waals surface area contributed by atoms with E-state index in [4.69, 9.17) is 4.74 Å². The fourth-order valence-electron chi connectivity index (χ4n) is 1.35. The Hall–Kier alpha value is -0.0300. The van der Waals surface area contributed by atoms with Crippen LogP contribution in [0.4, 0.5) is 4.79 Å². The normalized spacial score (nSPS) is 12.3. The highest BCUT2D eigenvalue weighted by molar-refractivity contribution is 8.77. The molecule has 1 amide bonds. The molecule has 0 aromatic rings. The first-order chi connectivity index (χ1) is 8.16. The number of nitrogens with one attached hydrogen (secondary N) is 1. The van der Waals surface area contributed by atoms with Gasteiger partial charge in [-0.3, -0.25) is 0 Å². The summed E-state index contributed by atoms with van der Waals surface area (Å²) in [6.45, 7) is 13.0. The fourth-order valence-corrected chi connectivity index (χ4v) is 3.94. The molecule has 0 spiro atoms. The second kappa shape index (κ2) is 8.20. The summed E-state index contributed by atoms with van der Waals surface area (Å²) in [6.07, 6.45) is 2.09. The van der Waals surface area contributed by atoms with E-state index in [0.29, 0.717) is 11.3 Å². The Morgan fingerprint density at radius 1 is 1.22 bits per heavy atom. The average molecular weight is 293 g/mol. The van der Waals surface area contributed by atoms with Crippen LogP contribution in [-0.2, 0) is 4.74 Å². The van der Waals surface area contributed by atoms with Crippen molar-refractivity contribution in [2.45, 2.75) is 64.7 Å². The van der Waals surface area contributed by atoms with Gasteiger partial charge in [-0.2, -0.15) is 0 Å². The molecule has 108 valence electrons. The molecule has 5 heteroatoms. The maximum atomic E-state index is 11.4. The van der Waals surface area contributed by atoms with E-state index in [0.717, 1.165) is 5.75 Å². The molecule has 3 nitrogen and oxygen atoms in total. The fraction of sp³-hybridized carbons (Fsp3) is 0.923. The van der Waals surface area contributed by atoms with Gasteiger partial charge in [-0.15, -0.1) is 0 Å². The van der Waals surface area contributed by atoms with E-state index in [2.05, 4.69) is 26.1 Å². The van der Waals surface area contributed by atoms with Crippen molar-refractivity contribution in [1.29, 1.82) is 0 Å². The van der Waals surface area contributed by atoms with Gasteiger partial charge in [0.15, 0.2) is 0 Å². The molecule has 0 aliphatic heterocycles. The van der Waals surface area contributed by atoms with E-state index in [1.807, 2.05) is 31.6 Å². The van der Waals surface area contributed by atoms with Gasteiger partial charge in [0.1, 0.15) is 5.60 Å². The second-order valence-corrected chi connectivity index (χ2v) is 8.97. The molecular formula is C13H27NO2S2. The predicted octanol–water partition coefficient (Wildman–Crippen LogP) is 4.47. The lowest BCUT2D eigenvalue weighted by Crippen LogP contribution is -2.33. The molecule has 18 heavy (non-hydrogen) atoms. The van der Waals surface area contributed by atoms with E-state index < -0.39 is 5.60 Å². The van der Waals surface area contributed by atoms with Gasteiger partial charge in [0, 0.05) is 17.0 Å². The van der Waals surface area contributed by atoms with Crippen LogP contribution in [0.5, 0.6) is 0 Å². The number of alkyl carbamates (subject to hydrolysis) is 1. The maximum Gasteiger partial charge on any atom is 0.407 e. The number of hydrogen-bond acceptors (Lipinski definition) is 4. The summed E-state index contributed by atoms with van der Waals surface area (Å²) in [6, 6.07) is 0. The SMILES string of the molecule is CCCC(C)(C)SSCCNC(=O)OC(C)(C)C. The van der Waals surface area contributed by atoms with E-state index in [1.165, 1.54) is 12.8 Å². The minimum atomic E-state index is -0.422. The highest BCUT2D eigenvalue weighted by Gasteiger charge is 2.18. The van der Waals surface area contributed by atoms with Crippen LogP contribution in [0.2, 0.25) is 0 Å². The summed E-state index contributed by atoms with van der Waals surface area (Å²) in [4.78, 5) is 11.4. The average Bonchev–Trinajstić information content (AvgIpc) is 2.13. The topological polar surface area (TPSA) is 38.3 Å². The van der Waals surface area contributed by atoms with Crippen LogP contribution in [0.3, 0.4) is 0 Å². The number of hydrogen-bond donors (Lipinski definition) is 1. The summed E-state index contributed by atoms with van der Waals surface area (Å²) in [5.74, 6) is 0.900. The first-order valence-electron chi connectivity index (χ1n) is 6.44. The zero-order chi connectivity index (χ0) is 14.2. The monoisotopic (exact) mass is 293 g/mol. The van der Waals surface area contributed by atoms with E-state index in [1.54, 1.807) is 10.8 Å².